The van der Waals surface area contributed by atoms with Crippen LogP contribution < -0.4 is 10.6 Å². The number of hydrogen-bond acceptors (Lipinski definition) is 3. The molecule has 0 aromatic rings. The molecule has 6 nitrogen and oxygen atoms in total. The first-order valence-electron chi connectivity index (χ1n) is 7.70. The lowest BCUT2D eigenvalue weighted by atomic mass is 10.1. The van der Waals surface area contributed by atoms with E-state index in [1.165, 1.54) is 7.11 Å². The highest BCUT2D eigenvalue weighted by atomic mass is 127. The molecule has 0 unspecified atom stereocenters. The molecule has 1 saturated heterocycles. The number of nitrogens with one attached hydrogen (secondary N) is 2. The Hall–Kier alpha value is -0.990. The molecule has 0 aromatic carbocycles. The monoisotopic (exact) mass is 424 g/mol. The molecule has 2 N–H and O–H groups in total. The number of likely N-dealkylation sites (tertiary alicyclic amines) is 1. The van der Waals surface area contributed by atoms with Crippen LogP contribution in [0, 0.1) is 0 Å². The molecule has 1 fully saturated rings. The SMILES string of the molecule is C/C=C/CCN=C(NCC)NC1CCN(C(=O)OC)CC1.I. The van der Waals surface area contributed by atoms with Gasteiger partial charge in [0.25, 0.3) is 0 Å². The Balaban J connectivity index is 0.00000441. The second kappa shape index (κ2) is 12.5. The van der Waals surface area contributed by atoms with E-state index in [1.54, 1.807) is 4.90 Å². The number of hydrogen-bond donors (Lipinski definition) is 2. The van der Waals surface area contributed by atoms with Gasteiger partial charge in [-0.3, -0.25) is 4.99 Å². The minimum Gasteiger partial charge on any atom is -0.453 e. The Kier molecular flexibility index (Phi) is 12.0. The number of carbonyl (C=O) groups is 1. The van der Waals surface area contributed by atoms with Crippen LogP contribution in [-0.4, -0.2) is 56.3 Å². The summed E-state index contributed by atoms with van der Waals surface area (Å²) in [6, 6.07) is 0.352. The second-order valence-electron chi connectivity index (χ2n) is 4.99. The van der Waals surface area contributed by atoms with Crippen molar-refractivity contribution >= 4 is 36.0 Å². The van der Waals surface area contributed by atoms with Gasteiger partial charge in [0.15, 0.2) is 5.96 Å². The smallest absolute Gasteiger partial charge is 0.409 e. The fourth-order valence-corrected chi connectivity index (χ4v) is 2.27. The van der Waals surface area contributed by atoms with Crippen LogP contribution in [0.25, 0.3) is 0 Å². The lowest BCUT2D eigenvalue weighted by molar-refractivity contribution is 0.111. The lowest BCUT2D eigenvalue weighted by Crippen LogP contribution is -2.49. The largest absolute Gasteiger partial charge is 0.453 e. The van der Waals surface area contributed by atoms with Gasteiger partial charge >= 0.3 is 6.09 Å². The zero-order chi connectivity index (χ0) is 15.5. The summed E-state index contributed by atoms with van der Waals surface area (Å²) in [5.74, 6) is 0.860. The predicted molar refractivity (Wildman–Crippen MR) is 101 cm³/mol. The van der Waals surface area contributed by atoms with Gasteiger partial charge in [0.2, 0.25) is 0 Å². The van der Waals surface area contributed by atoms with Gasteiger partial charge in [0, 0.05) is 32.2 Å². The summed E-state index contributed by atoms with van der Waals surface area (Å²) in [5, 5.41) is 6.71. The van der Waals surface area contributed by atoms with Crippen molar-refractivity contribution < 1.29 is 9.53 Å². The van der Waals surface area contributed by atoms with Crippen LogP contribution in [0.1, 0.15) is 33.1 Å². The highest BCUT2D eigenvalue weighted by molar-refractivity contribution is 14.0. The Morgan fingerprint density at radius 3 is 2.64 bits per heavy atom. The third-order valence-electron chi connectivity index (χ3n) is 3.41. The van der Waals surface area contributed by atoms with Crippen LogP contribution in [-0.2, 0) is 4.74 Å². The molecule has 1 aliphatic heterocycles. The first-order chi connectivity index (χ1) is 10.2. The van der Waals surface area contributed by atoms with Gasteiger partial charge < -0.3 is 20.3 Å². The first-order valence-corrected chi connectivity index (χ1v) is 7.70. The fraction of sp³-hybridized carbons (Fsp3) is 0.733. The maximum Gasteiger partial charge on any atom is 0.409 e. The average Bonchev–Trinajstić information content (AvgIpc) is 2.51. The van der Waals surface area contributed by atoms with Gasteiger partial charge in [-0.05, 0) is 33.1 Å². The number of rotatable bonds is 5. The number of piperidine rings is 1. The molecule has 0 atom stereocenters. The summed E-state index contributed by atoms with van der Waals surface area (Å²) in [6.07, 6.45) is 6.69. The van der Waals surface area contributed by atoms with Crippen molar-refractivity contribution in [1.29, 1.82) is 0 Å². The van der Waals surface area contributed by atoms with E-state index in [4.69, 9.17) is 4.74 Å². The van der Waals surface area contributed by atoms with Crippen LogP contribution >= 0.6 is 24.0 Å². The van der Waals surface area contributed by atoms with E-state index in [0.717, 1.165) is 51.4 Å². The molecule has 128 valence electrons. The van der Waals surface area contributed by atoms with Crippen LogP contribution in [0.4, 0.5) is 4.79 Å². The van der Waals surface area contributed by atoms with Crippen LogP contribution in [0.3, 0.4) is 0 Å². The Labute approximate surface area is 150 Å². The maximum absolute atomic E-state index is 11.4. The van der Waals surface area contributed by atoms with E-state index >= 15 is 0 Å². The zero-order valence-corrected chi connectivity index (χ0v) is 16.1. The van der Waals surface area contributed by atoms with Crippen LogP contribution in [0.5, 0.6) is 0 Å². The number of carbonyl (C=O) groups excluding carboxylic acids is 1. The lowest BCUT2D eigenvalue weighted by Gasteiger charge is -2.32. The molecule has 0 aromatic heterocycles. The zero-order valence-electron chi connectivity index (χ0n) is 13.8. The van der Waals surface area contributed by atoms with E-state index in [0.29, 0.717) is 6.04 Å². The van der Waals surface area contributed by atoms with Crippen LogP contribution in [0.15, 0.2) is 17.1 Å². The average molecular weight is 424 g/mol. The van der Waals surface area contributed by atoms with E-state index in [2.05, 4.69) is 28.6 Å². The minimum atomic E-state index is -0.236. The first kappa shape index (κ1) is 21.0. The minimum absolute atomic E-state index is 0. The molecule has 0 aliphatic carbocycles. The van der Waals surface area contributed by atoms with Gasteiger partial charge in [-0.15, -0.1) is 24.0 Å². The van der Waals surface area contributed by atoms with Crippen LogP contribution in [0.2, 0.25) is 0 Å². The number of allylic oxidation sites excluding steroid dienone is 1. The van der Waals surface area contributed by atoms with E-state index < -0.39 is 0 Å². The molecule has 0 spiro atoms. The Morgan fingerprint density at radius 1 is 1.41 bits per heavy atom. The van der Waals surface area contributed by atoms with Gasteiger partial charge in [-0.2, -0.15) is 0 Å². The molecule has 1 amide bonds. The van der Waals surface area contributed by atoms with E-state index in [1.807, 2.05) is 13.0 Å². The summed E-state index contributed by atoms with van der Waals surface area (Å²) < 4.78 is 4.74. The summed E-state index contributed by atoms with van der Waals surface area (Å²) >= 11 is 0. The third kappa shape index (κ3) is 7.86. The van der Waals surface area contributed by atoms with Crippen molar-refractivity contribution in [3.8, 4) is 0 Å². The van der Waals surface area contributed by atoms with Crippen molar-refractivity contribution in [2.24, 2.45) is 4.99 Å². The number of ether oxygens (including phenoxy) is 1. The van der Waals surface area contributed by atoms with Crippen molar-refractivity contribution in [1.82, 2.24) is 15.5 Å². The van der Waals surface area contributed by atoms with Gasteiger partial charge in [-0.25, -0.2) is 4.79 Å². The summed E-state index contributed by atoms with van der Waals surface area (Å²) in [6.45, 7) is 7.15. The standard InChI is InChI=1S/C15H28N4O2.HI/c1-4-6-7-10-17-14(16-5-2)18-13-8-11-19(12-9-13)15(20)21-3;/h4,6,13H,5,7-12H2,1-3H3,(H2,16,17,18);1H/b6-4+;. The molecule has 0 saturated carbocycles. The quantitative estimate of drug-likeness (QED) is 0.234. The maximum atomic E-state index is 11.4. The third-order valence-corrected chi connectivity index (χ3v) is 3.41. The van der Waals surface area contributed by atoms with Crippen molar-refractivity contribution in [2.45, 2.75) is 39.2 Å². The molecular weight excluding hydrogens is 395 g/mol. The van der Waals surface area contributed by atoms with Gasteiger partial charge in [0.1, 0.15) is 0 Å². The molecule has 0 radical (unpaired) electrons. The fourth-order valence-electron chi connectivity index (χ4n) is 2.27. The number of methoxy groups -OCH3 is 1. The van der Waals surface area contributed by atoms with Crippen molar-refractivity contribution in [3.05, 3.63) is 12.2 Å². The second-order valence-corrected chi connectivity index (χ2v) is 4.99. The molecule has 1 aliphatic rings. The molecule has 0 bridgehead atoms. The summed E-state index contributed by atoms with van der Waals surface area (Å²) in [7, 11) is 1.42. The Morgan fingerprint density at radius 2 is 2.09 bits per heavy atom. The van der Waals surface area contributed by atoms with E-state index in [-0.39, 0.29) is 30.1 Å². The van der Waals surface area contributed by atoms with Gasteiger partial charge in [0.05, 0.1) is 7.11 Å². The molecule has 7 heteroatoms. The molecule has 1 rings (SSSR count). The highest BCUT2D eigenvalue weighted by Gasteiger charge is 2.23. The summed E-state index contributed by atoms with van der Waals surface area (Å²) in [5.41, 5.74) is 0. The number of aliphatic imine (C=N–C) groups is 1. The normalized spacial score (nSPS) is 16.3. The molecule has 1 heterocycles. The van der Waals surface area contributed by atoms with Crippen molar-refractivity contribution in [3.63, 3.8) is 0 Å². The number of nitrogens with zero attached hydrogens (tertiary/aromatic N) is 2. The number of amides is 1. The highest BCUT2D eigenvalue weighted by Crippen LogP contribution is 2.11. The predicted octanol–water partition coefficient (Wildman–Crippen LogP) is 2.36. The number of guanidine groups is 1. The summed E-state index contributed by atoms with van der Waals surface area (Å²) in [4.78, 5) is 17.7. The van der Waals surface area contributed by atoms with Gasteiger partial charge in [-0.1, -0.05) is 12.2 Å². The molecular formula is C15H29IN4O2. The topological polar surface area (TPSA) is 66.0 Å². The molecule has 22 heavy (non-hydrogen) atoms. The van der Waals surface area contributed by atoms with E-state index in [9.17, 15) is 4.79 Å². The Bertz CT molecular complexity index is 367. The number of halogens is 1. The van der Waals surface area contributed by atoms with Crippen molar-refractivity contribution in [2.75, 3.05) is 33.3 Å².